The van der Waals surface area contributed by atoms with Gasteiger partial charge in [-0.3, -0.25) is 14.5 Å². The Morgan fingerprint density at radius 3 is 1.60 bits per heavy atom. The number of piperidine rings is 1. The number of hydrogen-bond acceptors (Lipinski definition) is 4. The van der Waals surface area contributed by atoms with Crippen LogP contribution in [0.2, 0.25) is 0 Å². The van der Waals surface area contributed by atoms with Crippen molar-refractivity contribution < 1.29 is 19.8 Å². The van der Waals surface area contributed by atoms with Crippen LogP contribution in [0.1, 0.15) is 117 Å². The van der Waals surface area contributed by atoms with Crippen LogP contribution in [0.3, 0.4) is 0 Å². The lowest BCUT2D eigenvalue weighted by atomic mass is 9.59. The lowest BCUT2D eigenvalue weighted by Crippen LogP contribution is -2.55. The number of ketones is 1. The minimum Gasteiger partial charge on any atom is -0.481 e. The van der Waals surface area contributed by atoms with E-state index in [0.29, 0.717) is 30.1 Å². The normalized spacial score (nSPS) is 29.2. The number of rotatable bonds is 8. The zero-order valence-corrected chi connectivity index (χ0v) is 22.5. The van der Waals surface area contributed by atoms with Crippen LogP contribution in [0.25, 0.3) is 0 Å². The highest BCUT2D eigenvalue weighted by Crippen LogP contribution is 2.49. The summed E-state index contributed by atoms with van der Waals surface area (Å²) in [5.74, 6) is 1.22. The number of aliphatic carboxylic acids is 1. The van der Waals surface area contributed by atoms with E-state index in [1.807, 2.05) is 13.8 Å². The second-order valence-corrected chi connectivity index (χ2v) is 13.1. The number of carboxylic acid groups (broad SMARTS) is 1. The maximum Gasteiger partial charge on any atom is 0.309 e. The molecule has 3 aliphatic carbocycles. The van der Waals surface area contributed by atoms with Gasteiger partial charge in [0.25, 0.3) is 0 Å². The van der Waals surface area contributed by atoms with Gasteiger partial charge >= 0.3 is 5.97 Å². The number of carbonyl (C=O) groups is 2. The van der Waals surface area contributed by atoms with Gasteiger partial charge in [0.2, 0.25) is 0 Å². The highest BCUT2D eigenvalue weighted by molar-refractivity contribution is 5.83. The molecule has 1 aliphatic heterocycles. The van der Waals surface area contributed by atoms with Crippen LogP contribution < -0.4 is 0 Å². The number of hydrogen-bond donors (Lipinski definition) is 2. The highest BCUT2D eigenvalue weighted by atomic mass is 16.4. The summed E-state index contributed by atoms with van der Waals surface area (Å²) in [6.07, 6.45) is 18.0. The minimum absolute atomic E-state index is 0.0926. The molecule has 200 valence electrons. The van der Waals surface area contributed by atoms with E-state index in [-0.39, 0.29) is 11.8 Å². The van der Waals surface area contributed by atoms with Crippen LogP contribution in [0.4, 0.5) is 0 Å². The van der Waals surface area contributed by atoms with Gasteiger partial charge in [-0.1, -0.05) is 38.5 Å². The Bertz CT molecular complexity index is 688. The van der Waals surface area contributed by atoms with Gasteiger partial charge in [0.05, 0.1) is 17.6 Å². The molecule has 1 heterocycles. The monoisotopic (exact) mass is 489 g/mol. The molecule has 0 spiro atoms. The van der Waals surface area contributed by atoms with E-state index in [0.717, 1.165) is 51.6 Å². The Hall–Kier alpha value is -0.940. The predicted molar refractivity (Wildman–Crippen MR) is 139 cm³/mol. The maximum absolute atomic E-state index is 13.1. The average Bonchev–Trinajstić information content (AvgIpc) is 2.89. The molecule has 0 bridgehead atoms. The molecule has 3 saturated carbocycles. The third kappa shape index (κ3) is 5.98. The summed E-state index contributed by atoms with van der Waals surface area (Å²) in [6, 6.07) is 0. The molecule has 0 aromatic carbocycles. The smallest absolute Gasteiger partial charge is 0.309 e. The number of aliphatic hydroxyl groups is 1. The van der Waals surface area contributed by atoms with Crippen LogP contribution in [-0.2, 0) is 9.59 Å². The molecule has 4 aliphatic rings. The molecule has 35 heavy (non-hydrogen) atoms. The molecular formula is C30H51NO4. The van der Waals surface area contributed by atoms with E-state index in [1.165, 1.54) is 64.2 Å². The van der Waals surface area contributed by atoms with E-state index in [1.54, 1.807) is 0 Å². The molecule has 0 radical (unpaired) electrons. The topological polar surface area (TPSA) is 77.8 Å². The summed E-state index contributed by atoms with van der Waals surface area (Å²) in [4.78, 5) is 27.1. The van der Waals surface area contributed by atoms with Crippen molar-refractivity contribution in [2.75, 3.05) is 19.6 Å². The summed E-state index contributed by atoms with van der Waals surface area (Å²) in [5.41, 5.74) is -1.20. The van der Waals surface area contributed by atoms with Gasteiger partial charge in [0.15, 0.2) is 0 Å². The van der Waals surface area contributed by atoms with E-state index in [2.05, 4.69) is 4.90 Å². The second-order valence-electron chi connectivity index (χ2n) is 13.1. The molecule has 4 fully saturated rings. The lowest BCUT2D eigenvalue weighted by molar-refractivity contribution is -0.151. The van der Waals surface area contributed by atoms with Crippen LogP contribution in [-0.4, -0.2) is 52.1 Å². The average molecular weight is 490 g/mol. The number of Topliss-reactive ketones (excluding diaryl/α,β-unsaturated/α-hetero) is 1. The Morgan fingerprint density at radius 2 is 1.14 bits per heavy atom. The number of nitrogens with zero attached hydrogens (tertiary/aromatic N) is 1. The first-order valence-electron chi connectivity index (χ1n) is 14.9. The highest BCUT2D eigenvalue weighted by Gasteiger charge is 2.50. The molecule has 2 N–H and O–H groups in total. The summed E-state index contributed by atoms with van der Waals surface area (Å²) in [5, 5.41) is 21.9. The fraction of sp³-hybridized carbons (Fsp3) is 0.933. The van der Waals surface area contributed by atoms with Crippen LogP contribution in [0.15, 0.2) is 0 Å². The SMILES string of the molecule is CC(C)(C(=O)O)C1CCC(C(=O)CN2CCC(C(O)(C3CCCCC3)C3CCCCC3)CC2)CC1. The molecule has 0 aromatic rings. The molecule has 0 atom stereocenters. The van der Waals surface area contributed by atoms with Crippen molar-refractivity contribution in [3.63, 3.8) is 0 Å². The Labute approximate surface area is 213 Å². The Kier molecular flexibility index (Phi) is 9.00. The van der Waals surface area contributed by atoms with Crippen molar-refractivity contribution in [3.8, 4) is 0 Å². The predicted octanol–water partition coefficient (Wildman–Crippen LogP) is 6.08. The maximum atomic E-state index is 13.1. The van der Waals surface area contributed by atoms with E-state index < -0.39 is 17.0 Å². The summed E-state index contributed by atoms with van der Waals surface area (Å²) >= 11 is 0. The van der Waals surface area contributed by atoms with Crippen molar-refractivity contribution in [2.24, 2.45) is 35.0 Å². The van der Waals surface area contributed by atoms with Crippen LogP contribution >= 0.6 is 0 Å². The van der Waals surface area contributed by atoms with E-state index in [4.69, 9.17) is 0 Å². The summed E-state index contributed by atoms with van der Waals surface area (Å²) in [6.45, 7) is 6.05. The molecule has 0 amide bonds. The molecule has 1 saturated heterocycles. The van der Waals surface area contributed by atoms with Gasteiger partial charge in [-0.15, -0.1) is 0 Å². The molecule has 5 heteroatoms. The molecule has 5 nitrogen and oxygen atoms in total. The van der Waals surface area contributed by atoms with Crippen molar-refractivity contribution >= 4 is 11.8 Å². The Morgan fingerprint density at radius 1 is 0.686 bits per heavy atom. The fourth-order valence-corrected chi connectivity index (χ4v) is 8.34. The molecular weight excluding hydrogens is 438 g/mol. The van der Waals surface area contributed by atoms with Crippen molar-refractivity contribution in [1.82, 2.24) is 4.90 Å². The van der Waals surface area contributed by atoms with Gasteiger partial charge in [0, 0.05) is 5.92 Å². The fourth-order valence-electron chi connectivity index (χ4n) is 8.34. The van der Waals surface area contributed by atoms with Crippen molar-refractivity contribution in [3.05, 3.63) is 0 Å². The first kappa shape index (κ1) is 27.1. The quantitative estimate of drug-likeness (QED) is 0.432. The number of carboxylic acids is 1. The minimum atomic E-state index is -0.725. The Balaban J connectivity index is 1.29. The third-order valence-electron chi connectivity index (χ3n) is 10.9. The molecule has 0 unspecified atom stereocenters. The summed E-state index contributed by atoms with van der Waals surface area (Å²) < 4.78 is 0. The van der Waals surface area contributed by atoms with Gasteiger partial charge in [-0.2, -0.15) is 0 Å². The van der Waals surface area contributed by atoms with Gasteiger partial charge in [0.1, 0.15) is 5.78 Å². The largest absolute Gasteiger partial charge is 0.481 e. The molecule has 4 rings (SSSR count). The van der Waals surface area contributed by atoms with Crippen LogP contribution in [0.5, 0.6) is 0 Å². The number of likely N-dealkylation sites (tertiary alicyclic amines) is 1. The lowest BCUT2D eigenvalue weighted by Gasteiger charge is -2.52. The van der Waals surface area contributed by atoms with Crippen molar-refractivity contribution in [2.45, 2.75) is 122 Å². The second kappa shape index (κ2) is 11.6. The van der Waals surface area contributed by atoms with E-state index >= 15 is 0 Å². The summed E-state index contributed by atoms with van der Waals surface area (Å²) in [7, 11) is 0. The van der Waals surface area contributed by atoms with Gasteiger partial charge in [-0.25, -0.2) is 0 Å². The van der Waals surface area contributed by atoms with Gasteiger partial charge < -0.3 is 10.2 Å². The first-order valence-corrected chi connectivity index (χ1v) is 14.9. The first-order chi connectivity index (χ1) is 16.7. The van der Waals surface area contributed by atoms with E-state index in [9.17, 15) is 19.8 Å². The van der Waals surface area contributed by atoms with Crippen LogP contribution in [0, 0.1) is 35.0 Å². The van der Waals surface area contributed by atoms with Crippen molar-refractivity contribution in [1.29, 1.82) is 0 Å². The number of carbonyl (C=O) groups excluding carboxylic acids is 1. The van der Waals surface area contributed by atoms with Gasteiger partial charge in [-0.05, 0) is 115 Å². The zero-order valence-electron chi connectivity index (χ0n) is 22.5. The zero-order chi connectivity index (χ0) is 25.1. The molecule has 0 aromatic heterocycles. The standard InChI is InChI=1S/C30H51NO4/c1-29(2,28(33)34)23-15-13-22(14-16-23)27(32)21-31-19-17-26(18-20-31)30(35,24-9-5-3-6-10-24)25-11-7-4-8-12-25/h22-26,35H,3-21H2,1-2H3,(H,33,34). The third-order valence-corrected chi connectivity index (χ3v) is 10.9.